The summed E-state index contributed by atoms with van der Waals surface area (Å²) >= 11 is 0. The Hall–Kier alpha value is -2.76. The molecule has 0 bridgehead atoms. The van der Waals surface area contributed by atoms with Crippen LogP contribution in [0.2, 0.25) is 0 Å². The summed E-state index contributed by atoms with van der Waals surface area (Å²) in [5.74, 6) is 0.921. The van der Waals surface area contributed by atoms with E-state index in [1.807, 2.05) is 0 Å². The van der Waals surface area contributed by atoms with Crippen molar-refractivity contribution in [3.63, 3.8) is 0 Å². The maximum Gasteiger partial charge on any atom is 0.242 e. The Labute approximate surface area is 134 Å². The zero-order valence-electron chi connectivity index (χ0n) is 13.0. The van der Waals surface area contributed by atoms with Crippen LogP contribution in [0.15, 0.2) is 46.1 Å². The molecule has 1 atom stereocenters. The highest BCUT2D eigenvalue weighted by atomic mass is 16.5. The minimum absolute atomic E-state index is 0.0322. The zero-order valence-corrected chi connectivity index (χ0v) is 13.0. The first-order chi connectivity index (χ1) is 11.2. The van der Waals surface area contributed by atoms with Crippen LogP contribution in [-0.4, -0.2) is 28.8 Å². The molecular weight excluding hydrogens is 296 g/mol. The van der Waals surface area contributed by atoms with E-state index in [1.165, 1.54) is 12.1 Å². The second-order valence-corrected chi connectivity index (χ2v) is 5.23. The lowest BCUT2D eigenvalue weighted by atomic mass is 9.99. The van der Waals surface area contributed by atoms with E-state index in [2.05, 4.69) is 5.10 Å². The second-order valence-electron chi connectivity index (χ2n) is 5.23. The summed E-state index contributed by atoms with van der Waals surface area (Å²) in [5, 5.41) is 16.2. The van der Waals surface area contributed by atoms with E-state index < -0.39 is 0 Å². The normalized spacial score (nSPS) is 17.2. The predicted molar refractivity (Wildman–Crippen MR) is 84.4 cm³/mol. The number of aromatic hydroxyl groups is 1. The fourth-order valence-electron chi connectivity index (χ4n) is 2.71. The van der Waals surface area contributed by atoms with E-state index in [1.54, 1.807) is 43.5 Å². The third kappa shape index (κ3) is 2.67. The van der Waals surface area contributed by atoms with Crippen molar-refractivity contribution in [2.24, 2.45) is 5.10 Å². The summed E-state index contributed by atoms with van der Waals surface area (Å²) in [6, 6.07) is 8.44. The summed E-state index contributed by atoms with van der Waals surface area (Å²) in [5.41, 5.74) is 1.29. The number of amides is 1. The number of phenols is 1. The standard InChI is InChI=1S/C17H18N2O4/c1-3-16(20)19-13(10-12(18-19)14-8-5-9-23-14)11-6-4-7-15(22-2)17(11)21/h4-9,13,21H,3,10H2,1-2H3/t13-/m1/s1. The van der Waals surface area contributed by atoms with Gasteiger partial charge in [0, 0.05) is 18.4 Å². The third-order valence-electron chi connectivity index (χ3n) is 3.88. The Morgan fingerprint density at radius 3 is 2.91 bits per heavy atom. The highest BCUT2D eigenvalue weighted by molar-refractivity contribution is 6.01. The fourth-order valence-corrected chi connectivity index (χ4v) is 2.71. The van der Waals surface area contributed by atoms with Gasteiger partial charge in [-0.1, -0.05) is 19.1 Å². The molecule has 1 aromatic carbocycles. The first-order valence-electron chi connectivity index (χ1n) is 7.45. The van der Waals surface area contributed by atoms with Gasteiger partial charge in [-0.2, -0.15) is 5.10 Å². The number of methoxy groups -OCH3 is 1. The second kappa shape index (κ2) is 6.16. The molecule has 0 saturated heterocycles. The van der Waals surface area contributed by atoms with Crippen molar-refractivity contribution in [1.82, 2.24) is 5.01 Å². The first-order valence-corrected chi connectivity index (χ1v) is 7.45. The van der Waals surface area contributed by atoms with Gasteiger partial charge in [0.05, 0.1) is 19.4 Å². The molecule has 0 saturated carbocycles. The van der Waals surface area contributed by atoms with Crippen LogP contribution >= 0.6 is 0 Å². The average Bonchev–Trinajstić information content (AvgIpc) is 3.23. The van der Waals surface area contributed by atoms with Gasteiger partial charge in [-0.05, 0) is 18.2 Å². The van der Waals surface area contributed by atoms with E-state index in [0.717, 1.165) is 0 Å². The van der Waals surface area contributed by atoms with Gasteiger partial charge in [-0.15, -0.1) is 0 Å². The molecule has 0 radical (unpaired) electrons. The first kappa shape index (κ1) is 15.1. The molecule has 0 spiro atoms. The Balaban J connectivity index is 2.00. The molecule has 2 heterocycles. The minimum Gasteiger partial charge on any atom is -0.504 e. The molecule has 0 aliphatic carbocycles. The Morgan fingerprint density at radius 2 is 2.26 bits per heavy atom. The molecule has 1 aliphatic heterocycles. The molecule has 23 heavy (non-hydrogen) atoms. The van der Waals surface area contributed by atoms with Crippen LogP contribution in [0.25, 0.3) is 0 Å². The molecule has 1 N–H and O–H groups in total. The topological polar surface area (TPSA) is 75.3 Å². The zero-order chi connectivity index (χ0) is 16.4. The molecular formula is C17H18N2O4. The van der Waals surface area contributed by atoms with Crippen LogP contribution in [0.4, 0.5) is 0 Å². The summed E-state index contributed by atoms with van der Waals surface area (Å²) in [4.78, 5) is 12.3. The van der Waals surface area contributed by atoms with Gasteiger partial charge < -0.3 is 14.3 Å². The van der Waals surface area contributed by atoms with Crippen molar-refractivity contribution >= 4 is 11.6 Å². The van der Waals surface area contributed by atoms with Crippen LogP contribution < -0.4 is 4.74 Å². The summed E-state index contributed by atoms with van der Waals surface area (Å²) in [7, 11) is 1.49. The minimum atomic E-state index is -0.377. The monoisotopic (exact) mass is 314 g/mol. The fraction of sp³-hybridized carbons (Fsp3) is 0.294. The van der Waals surface area contributed by atoms with Gasteiger partial charge >= 0.3 is 0 Å². The molecule has 1 aliphatic rings. The number of carbonyl (C=O) groups excluding carboxylic acids is 1. The highest BCUT2D eigenvalue weighted by Gasteiger charge is 2.35. The number of phenolic OH excluding ortho intramolecular Hbond substituents is 1. The van der Waals surface area contributed by atoms with Crippen molar-refractivity contribution < 1.29 is 19.1 Å². The van der Waals surface area contributed by atoms with Gasteiger partial charge in [0.1, 0.15) is 11.5 Å². The van der Waals surface area contributed by atoms with Gasteiger partial charge in [0.2, 0.25) is 5.91 Å². The van der Waals surface area contributed by atoms with Gasteiger partial charge in [-0.3, -0.25) is 4.79 Å². The molecule has 0 unspecified atom stereocenters. The van der Waals surface area contributed by atoms with E-state index >= 15 is 0 Å². The number of carbonyl (C=O) groups is 1. The molecule has 6 nitrogen and oxygen atoms in total. The number of rotatable bonds is 4. The summed E-state index contributed by atoms with van der Waals surface area (Å²) in [6.07, 6.45) is 2.37. The number of hydrogen-bond donors (Lipinski definition) is 1. The van der Waals surface area contributed by atoms with Crippen molar-refractivity contribution in [3.05, 3.63) is 47.9 Å². The van der Waals surface area contributed by atoms with E-state index in [0.29, 0.717) is 35.6 Å². The number of hydrogen-bond acceptors (Lipinski definition) is 5. The molecule has 0 fully saturated rings. The van der Waals surface area contributed by atoms with Crippen molar-refractivity contribution in [1.29, 1.82) is 0 Å². The van der Waals surface area contributed by atoms with Gasteiger partial charge in [0.25, 0.3) is 0 Å². The molecule has 6 heteroatoms. The number of hydrazone groups is 1. The van der Waals surface area contributed by atoms with Crippen molar-refractivity contribution in [2.75, 3.05) is 7.11 Å². The average molecular weight is 314 g/mol. The lowest BCUT2D eigenvalue weighted by Crippen LogP contribution is -2.26. The lowest BCUT2D eigenvalue weighted by molar-refractivity contribution is -0.132. The number of furan rings is 1. The number of ether oxygens (including phenoxy) is 1. The van der Waals surface area contributed by atoms with E-state index in [4.69, 9.17) is 9.15 Å². The summed E-state index contributed by atoms with van der Waals surface area (Å²) < 4.78 is 10.5. The van der Waals surface area contributed by atoms with Crippen molar-refractivity contribution in [2.45, 2.75) is 25.8 Å². The number of para-hydroxylation sites is 1. The van der Waals surface area contributed by atoms with Crippen LogP contribution in [0.3, 0.4) is 0 Å². The Morgan fingerprint density at radius 1 is 1.43 bits per heavy atom. The quantitative estimate of drug-likeness (QED) is 0.941. The predicted octanol–water partition coefficient (Wildman–Crippen LogP) is 3.08. The van der Waals surface area contributed by atoms with Crippen molar-refractivity contribution in [3.8, 4) is 11.5 Å². The molecule has 1 amide bonds. The molecule has 3 rings (SSSR count). The van der Waals surface area contributed by atoms with Gasteiger partial charge in [0.15, 0.2) is 11.5 Å². The van der Waals surface area contributed by atoms with E-state index in [-0.39, 0.29) is 17.7 Å². The smallest absolute Gasteiger partial charge is 0.242 e. The van der Waals surface area contributed by atoms with Crippen LogP contribution in [0.5, 0.6) is 11.5 Å². The number of nitrogens with zero attached hydrogens (tertiary/aromatic N) is 2. The Kier molecular flexibility index (Phi) is 4.06. The van der Waals surface area contributed by atoms with E-state index in [9.17, 15) is 9.90 Å². The summed E-state index contributed by atoms with van der Waals surface area (Å²) in [6.45, 7) is 1.78. The largest absolute Gasteiger partial charge is 0.504 e. The third-order valence-corrected chi connectivity index (χ3v) is 3.88. The lowest BCUT2D eigenvalue weighted by Gasteiger charge is -2.22. The van der Waals surface area contributed by atoms with Crippen LogP contribution in [0.1, 0.15) is 37.1 Å². The van der Waals surface area contributed by atoms with Crippen LogP contribution in [-0.2, 0) is 4.79 Å². The maximum atomic E-state index is 12.3. The highest BCUT2D eigenvalue weighted by Crippen LogP contribution is 2.41. The molecule has 2 aromatic rings. The van der Waals surface area contributed by atoms with Gasteiger partial charge in [-0.25, -0.2) is 5.01 Å². The maximum absolute atomic E-state index is 12.3. The van der Waals surface area contributed by atoms with Crippen LogP contribution in [0, 0.1) is 0 Å². The molecule has 1 aromatic heterocycles. The number of benzene rings is 1. The SMILES string of the molecule is CCC(=O)N1N=C(c2ccco2)C[C@@H]1c1cccc(OC)c1O. The Bertz CT molecular complexity index is 737. The molecule has 120 valence electrons.